The standard InChI is InChI=1S/C19H22N2O3/c1-21(12-14-4-9-19(24-3)16(10-14)11-20)18(13-22)15-5-7-17(23-2)8-6-15/h4-10,18,22H,12-13H2,1-3H3. The third kappa shape index (κ3) is 4.05. The minimum Gasteiger partial charge on any atom is -0.497 e. The summed E-state index contributed by atoms with van der Waals surface area (Å²) in [6.45, 7) is 0.611. The monoisotopic (exact) mass is 326 g/mol. The molecular formula is C19H22N2O3. The molecule has 0 heterocycles. The Labute approximate surface area is 142 Å². The zero-order valence-corrected chi connectivity index (χ0v) is 14.2. The van der Waals surface area contributed by atoms with Crippen molar-refractivity contribution in [2.75, 3.05) is 27.9 Å². The number of nitriles is 1. The molecule has 1 atom stereocenters. The lowest BCUT2D eigenvalue weighted by atomic mass is 10.0. The fourth-order valence-corrected chi connectivity index (χ4v) is 2.66. The lowest BCUT2D eigenvalue weighted by Crippen LogP contribution is -2.27. The summed E-state index contributed by atoms with van der Waals surface area (Å²) in [5, 5.41) is 19.0. The zero-order valence-electron chi connectivity index (χ0n) is 14.2. The third-order valence-electron chi connectivity index (χ3n) is 4.02. The molecule has 0 bridgehead atoms. The van der Waals surface area contributed by atoms with Crippen molar-refractivity contribution in [1.29, 1.82) is 5.26 Å². The Morgan fingerprint density at radius 2 is 1.83 bits per heavy atom. The van der Waals surface area contributed by atoms with E-state index < -0.39 is 0 Å². The highest BCUT2D eigenvalue weighted by molar-refractivity contribution is 5.45. The van der Waals surface area contributed by atoms with Gasteiger partial charge in [0.1, 0.15) is 17.6 Å². The Morgan fingerprint density at radius 1 is 1.12 bits per heavy atom. The molecule has 0 aromatic heterocycles. The molecule has 0 saturated heterocycles. The van der Waals surface area contributed by atoms with Crippen LogP contribution in [0.25, 0.3) is 0 Å². The van der Waals surface area contributed by atoms with Crippen molar-refractivity contribution in [1.82, 2.24) is 4.90 Å². The highest BCUT2D eigenvalue weighted by Crippen LogP contribution is 2.25. The van der Waals surface area contributed by atoms with E-state index in [1.54, 1.807) is 20.3 Å². The number of likely N-dealkylation sites (N-methyl/N-ethyl adjacent to an activating group) is 1. The topological polar surface area (TPSA) is 65.7 Å². The smallest absolute Gasteiger partial charge is 0.136 e. The van der Waals surface area contributed by atoms with Crippen molar-refractivity contribution in [3.8, 4) is 17.6 Å². The summed E-state index contributed by atoms with van der Waals surface area (Å²) in [4.78, 5) is 2.05. The highest BCUT2D eigenvalue weighted by atomic mass is 16.5. The Hall–Kier alpha value is -2.55. The second-order valence-electron chi connectivity index (χ2n) is 5.53. The predicted octanol–water partition coefficient (Wildman–Crippen LogP) is 2.74. The number of benzene rings is 2. The van der Waals surface area contributed by atoms with Gasteiger partial charge in [0.2, 0.25) is 0 Å². The molecule has 0 fully saturated rings. The van der Waals surface area contributed by atoms with Crippen LogP contribution in [0.3, 0.4) is 0 Å². The van der Waals surface area contributed by atoms with E-state index >= 15 is 0 Å². The molecular weight excluding hydrogens is 304 g/mol. The van der Waals surface area contributed by atoms with Crippen LogP contribution >= 0.6 is 0 Å². The van der Waals surface area contributed by atoms with Crippen LogP contribution in [0.5, 0.6) is 11.5 Å². The van der Waals surface area contributed by atoms with Gasteiger partial charge in [0, 0.05) is 6.54 Å². The second-order valence-corrected chi connectivity index (χ2v) is 5.53. The summed E-state index contributed by atoms with van der Waals surface area (Å²) < 4.78 is 10.3. The van der Waals surface area contributed by atoms with Crippen LogP contribution in [-0.4, -0.2) is 37.9 Å². The lowest BCUT2D eigenvalue weighted by Gasteiger charge is -2.27. The normalized spacial score (nSPS) is 11.8. The van der Waals surface area contributed by atoms with Gasteiger partial charge in [-0.25, -0.2) is 0 Å². The van der Waals surface area contributed by atoms with Crippen LogP contribution < -0.4 is 9.47 Å². The lowest BCUT2D eigenvalue weighted by molar-refractivity contribution is 0.142. The molecule has 1 unspecified atom stereocenters. The van der Waals surface area contributed by atoms with E-state index in [-0.39, 0.29) is 12.6 Å². The molecule has 0 spiro atoms. The number of methoxy groups -OCH3 is 2. The molecule has 2 aromatic rings. The molecule has 0 aliphatic rings. The van der Waals surface area contributed by atoms with E-state index in [1.807, 2.05) is 48.3 Å². The molecule has 2 rings (SSSR count). The van der Waals surface area contributed by atoms with E-state index in [2.05, 4.69) is 6.07 Å². The molecule has 0 amide bonds. The summed E-state index contributed by atoms with van der Waals surface area (Å²) in [5.41, 5.74) is 2.50. The van der Waals surface area contributed by atoms with Gasteiger partial charge in [-0.05, 0) is 42.4 Å². The molecule has 24 heavy (non-hydrogen) atoms. The Bertz CT molecular complexity index is 708. The minimum atomic E-state index is -0.136. The fourth-order valence-electron chi connectivity index (χ4n) is 2.66. The van der Waals surface area contributed by atoms with E-state index in [9.17, 15) is 10.4 Å². The largest absolute Gasteiger partial charge is 0.497 e. The third-order valence-corrected chi connectivity index (χ3v) is 4.02. The number of hydrogen-bond donors (Lipinski definition) is 1. The van der Waals surface area contributed by atoms with Gasteiger partial charge in [0.15, 0.2) is 0 Å². The van der Waals surface area contributed by atoms with Gasteiger partial charge in [-0.2, -0.15) is 5.26 Å². The first-order chi connectivity index (χ1) is 11.6. The van der Waals surface area contributed by atoms with Crippen molar-refractivity contribution >= 4 is 0 Å². The Morgan fingerprint density at radius 3 is 2.38 bits per heavy atom. The summed E-state index contributed by atoms with van der Waals surface area (Å²) >= 11 is 0. The number of aliphatic hydroxyl groups is 1. The van der Waals surface area contributed by atoms with Crippen molar-refractivity contribution in [2.45, 2.75) is 12.6 Å². The first-order valence-corrected chi connectivity index (χ1v) is 7.65. The van der Waals surface area contributed by atoms with Crippen LogP contribution in [0.2, 0.25) is 0 Å². The van der Waals surface area contributed by atoms with Crippen molar-refractivity contribution < 1.29 is 14.6 Å². The maximum atomic E-state index is 9.79. The van der Waals surface area contributed by atoms with Crippen molar-refractivity contribution in [2.24, 2.45) is 0 Å². The fraction of sp³-hybridized carbons (Fsp3) is 0.316. The highest BCUT2D eigenvalue weighted by Gasteiger charge is 2.17. The number of ether oxygens (including phenoxy) is 2. The second kappa shape index (κ2) is 8.34. The van der Waals surface area contributed by atoms with E-state index in [0.717, 1.165) is 16.9 Å². The average Bonchev–Trinajstić information content (AvgIpc) is 2.62. The van der Waals surface area contributed by atoms with Gasteiger partial charge in [-0.15, -0.1) is 0 Å². The number of hydrogen-bond acceptors (Lipinski definition) is 5. The summed E-state index contributed by atoms with van der Waals surface area (Å²) in [6, 6.07) is 15.2. The summed E-state index contributed by atoms with van der Waals surface area (Å²) in [7, 11) is 5.12. The van der Waals surface area contributed by atoms with Crippen LogP contribution in [0.15, 0.2) is 42.5 Å². The molecule has 0 saturated carbocycles. The zero-order chi connectivity index (χ0) is 17.5. The van der Waals surface area contributed by atoms with E-state index in [4.69, 9.17) is 9.47 Å². The molecule has 126 valence electrons. The predicted molar refractivity (Wildman–Crippen MR) is 92.0 cm³/mol. The van der Waals surface area contributed by atoms with Gasteiger partial charge >= 0.3 is 0 Å². The summed E-state index contributed by atoms with van der Waals surface area (Å²) in [6.07, 6.45) is 0. The van der Waals surface area contributed by atoms with Gasteiger partial charge < -0.3 is 14.6 Å². The van der Waals surface area contributed by atoms with Crippen LogP contribution in [-0.2, 0) is 6.54 Å². The quantitative estimate of drug-likeness (QED) is 0.847. The average molecular weight is 326 g/mol. The van der Waals surface area contributed by atoms with Gasteiger partial charge in [0.25, 0.3) is 0 Å². The van der Waals surface area contributed by atoms with Crippen molar-refractivity contribution in [3.05, 3.63) is 59.2 Å². The van der Waals surface area contributed by atoms with Gasteiger partial charge in [-0.1, -0.05) is 18.2 Å². The van der Waals surface area contributed by atoms with E-state index in [0.29, 0.717) is 17.9 Å². The minimum absolute atomic E-state index is 0.00406. The van der Waals surface area contributed by atoms with Crippen LogP contribution in [0.4, 0.5) is 0 Å². The summed E-state index contributed by atoms with van der Waals surface area (Å²) in [5.74, 6) is 1.35. The number of rotatable bonds is 7. The first kappa shape index (κ1) is 17.8. The molecule has 5 nitrogen and oxygen atoms in total. The first-order valence-electron chi connectivity index (χ1n) is 7.65. The Balaban J connectivity index is 2.17. The maximum Gasteiger partial charge on any atom is 0.136 e. The Kier molecular flexibility index (Phi) is 6.19. The number of nitrogens with zero attached hydrogens (tertiary/aromatic N) is 2. The maximum absolute atomic E-state index is 9.79. The van der Waals surface area contributed by atoms with E-state index in [1.165, 1.54) is 0 Å². The number of aliphatic hydroxyl groups excluding tert-OH is 1. The molecule has 5 heteroatoms. The molecule has 1 N–H and O–H groups in total. The van der Waals surface area contributed by atoms with Crippen LogP contribution in [0, 0.1) is 11.3 Å². The van der Waals surface area contributed by atoms with Gasteiger partial charge in [-0.3, -0.25) is 4.90 Å². The molecule has 0 aliphatic carbocycles. The SMILES string of the molecule is COc1ccc(C(CO)N(C)Cc2ccc(OC)c(C#N)c2)cc1. The molecule has 2 aromatic carbocycles. The van der Waals surface area contributed by atoms with Crippen molar-refractivity contribution in [3.63, 3.8) is 0 Å². The van der Waals surface area contributed by atoms with Gasteiger partial charge in [0.05, 0.1) is 32.4 Å². The molecule has 0 aliphatic heterocycles. The molecule has 0 radical (unpaired) electrons. The van der Waals surface area contributed by atoms with Crippen LogP contribution in [0.1, 0.15) is 22.7 Å².